The van der Waals surface area contributed by atoms with Crippen molar-refractivity contribution >= 4 is 27.6 Å². The van der Waals surface area contributed by atoms with Gasteiger partial charge in [-0.1, -0.05) is 28.1 Å². The Kier molecular flexibility index (Phi) is 10.2. The maximum atomic E-state index is 13.4. The number of hydrogen-bond donors (Lipinski definition) is 3. The number of likely N-dealkylation sites (tertiary alicyclic amines) is 2. The summed E-state index contributed by atoms with van der Waals surface area (Å²) in [5.74, 6) is 1.14. The van der Waals surface area contributed by atoms with Crippen LogP contribution < -0.4 is 10.6 Å². The minimum Gasteiger partial charge on any atom is -0.392 e. The highest BCUT2D eigenvalue weighted by Gasteiger charge is 2.33. The van der Waals surface area contributed by atoms with Gasteiger partial charge in [-0.05, 0) is 91.4 Å². The normalized spacial score (nSPS) is 22.5. The number of nitrogens with zero attached hydrogens (tertiary/aromatic N) is 6. The van der Waals surface area contributed by atoms with Crippen LogP contribution in [0, 0.1) is 17.7 Å². The Labute approximate surface area is 254 Å². The van der Waals surface area contributed by atoms with Crippen molar-refractivity contribution in [1.82, 2.24) is 35.3 Å². The number of nitrogens with one attached hydrogen (secondary N) is 2. The molecule has 2 fully saturated rings. The van der Waals surface area contributed by atoms with Crippen molar-refractivity contribution in [2.45, 2.75) is 44.8 Å². The average Bonchev–Trinajstić information content (AvgIpc) is 3.37. The lowest BCUT2D eigenvalue weighted by atomic mass is 9.88. The molecule has 4 atom stereocenters. The summed E-state index contributed by atoms with van der Waals surface area (Å²) in [4.78, 5) is 18.1. The number of halogens is 2. The number of carbonyl (C=O) groups is 1. The first kappa shape index (κ1) is 30.5. The van der Waals surface area contributed by atoms with Gasteiger partial charge in [-0.2, -0.15) is 0 Å². The number of aromatic nitrogens is 4. The number of aryl methyl sites for hydroxylation is 1. The molecule has 12 heteroatoms. The topological polar surface area (TPSA) is 111 Å². The van der Waals surface area contributed by atoms with Gasteiger partial charge in [-0.15, -0.1) is 5.10 Å². The van der Waals surface area contributed by atoms with Gasteiger partial charge in [0.1, 0.15) is 5.82 Å². The number of tetrazole rings is 1. The number of anilines is 1. The Morgan fingerprint density at radius 1 is 1.14 bits per heavy atom. The molecule has 10 nitrogen and oxygen atoms in total. The number of carbonyl (C=O) groups excluding carboxylic acids is 1. The van der Waals surface area contributed by atoms with Crippen LogP contribution in [0.15, 0.2) is 46.9 Å². The number of piperidine rings is 2. The fraction of sp³-hybridized carbons (Fsp3) is 0.533. The molecule has 2 unspecified atom stereocenters. The van der Waals surface area contributed by atoms with Gasteiger partial charge in [0.05, 0.1) is 6.10 Å². The molecule has 3 heterocycles. The maximum absolute atomic E-state index is 13.4. The summed E-state index contributed by atoms with van der Waals surface area (Å²) in [6.07, 6.45) is 3.64. The molecule has 5 rings (SSSR count). The Balaban J connectivity index is 1.23. The number of hydrogen-bond acceptors (Lipinski definition) is 7. The van der Waals surface area contributed by atoms with Crippen LogP contribution in [0.3, 0.4) is 0 Å². The Hall–Kier alpha value is -2.93. The predicted molar refractivity (Wildman–Crippen MR) is 163 cm³/mol. The number of benzene rings is 2. The number of urea groups is 1. The summed E-state index contributed by atoms with van der Waals surface area (Å²) in [5.41, 5.74) is 2.60. The van der Waals surface area contributed by atoms with Gasteiger partial charge >= 0.3 is 6.03 Å². The average molecular weight is 644 g/mol. The lowest BCUT2D eigenvalue weighted by molar-refractivity contribution is 0.0581. The maximum Gasteiger partial charge on any atom is 0.319 e. The van der Waals surface area contributed by atoms with Crippen molar-refractivity contribution in [2.24, 2.45) is 18.9 Å². The molecule has 2 aromatic carbocycles. The van der Waals surface area contributed by atoms with E-state index < -0.39 is 6.10 Å². The van der Waals surface area contributed by atoms with E-state index in [9.17, 15) is 14.3 Å². The molecule has 2 aliphatic heterocycles. The van der Waals surface area contributed by atoms with Crippen LogP contribution in [0.5, 0.6) is 0 Å². The summed E-state index contributed by atoms with van der Waals surface area (Å²) in [5, 5.41) is 28.0. The molecule has 42 heavy (non-hydrogen) atoms. The molecule has 3 N–H and O–H groups in total. The zero-order chi connectivity index (χ0) is 29.6. The zero-order valence-corrected chi connectivity index (χ0v) is 25.8. The first-order chi connectivity index (χ1) is 20.2. The second-order valence-electron chi connectivity index (χ2n) is 11.8. The van der Waals surface area contributed by atoms with Gasteiger partial charge in [0, 0.05) is 67.5 Å². The second kappa shape index (κ2) is 14.0. The molecule has 2 amide bonds. The molecule has 2 saturated heterocycles. The van der Waals surface area contributed by atoms with Crippen molar-refractivity contribution in [2.75, 3.05) is 44.6 Å². The Morgan fingerprint density at radius 3 is 2.69 bits per heavy atom. The van der Waals surface area contributed by atoms with E-state index in [1.165, 1.54) is 17.7 Å². The zero-order valence-electron chi connectivity index (χ0n) is 24.2. The molecule has 2 aliphatic rings. The van der Waals surface area contributed by atoms with Gasteiger partial charge in [-0.25, -0.2) is 13.9 Å². The van der Waals surface area contributed by atoms with Crippen LogP contribution in [0.4, 0.5) is 14.9 Å². The lowest BCUT2D eigenvalue weighted by Crippen LogP contribution is -2.56. The van der Waals surface area contributed by atoms with Crippen LogP contribution in [0.25, 0.3) is 11.4 Å². The fourth-order valence-corrected chi connectivity index (χ4v) is 6.88. The van der Waals surface area contributed by atoms with Crippen LogP contribution in [0.1, 0.15) is 31.7 Å². The third-order valence-electron chi connectivity index (χ3n) is 8.22. The van der Waals surface area contributed by atoms with E-state index in [2.05, 4.69) is 51.9 Å². The Bertz CT molecular complexity index is 1340. The number of aliphatic hydroxyl groups is 1. The number of rotatable bonds is 9. The van der Waals surface area contributed by atoms with E-state index in [-0.39, 0.29) is 23.8 Å². The van der Waals surface area contributed by atoms with Gasteiger partial charge < -0.3 is 25.5 Å². The van der Waals surface area contributed by atoms with Crippen molar-refractivity contribution < 1.29 is 14.3 Å². The summed E-state index contributed by atoms with van der Waals surface area (Å²) in [7, 11) is 1.77. The standard InChI is InChI=1S/C30H40BrFN8O2/c1-20(41)16-40-11-9-28(34-30(42)33-27-14-23(13-25(31)15-27)29-35-36-37-38(29)2)24(19-40)18-39-10-3-4-22(17-39)12-21-5-7-26(32)8-6-21/h5-8,13-15,20,22,24,28,41H,3-4,9-12,16-19H2,1-2H3,(H2,33,34,42)/t20?,22?,24-,28+/m0/s1. The number of amides is 2. The molecule has 0 radical (unpaired) electrons. The van der Waals surface area contributed by atoms with E-state index >= 15 is 0 Å². The molecular weight excluding hydrogens is 603 g/mol. The van der Waals surface area contributed by atoms with Crippen LogP contribution in [-0.4, -0.2) is 92.6 Å². The molecule has 0 spiro atoms. The molecule has 0 aliphatic carbocycles. The summed E-state index contributed by atoms with van der Waals surface area (Å²) < 4.78 is 15.8. The van der Waals surface area contributed by atoms with Crippen molar-refractivity contribution in [3.63, 3.8) is 0 Å². The van der Waals surface area contributed by atoms with Crippen molar-refractivity contribution in [3.05, 3.63) is 58.3 Å². The van der Waals surface area contributed by atoms with E-state index in [4.69, 9.17) is 0 Å². The monoisotopic (exact) mass is 642 g/mol. The quantitative estimate of drug-likeness (QED) is 0.324. The highest BCUT2D eigenvalue weighted by Crippen LogP contribution is 2.27. The van der Waals surface area contributed by atoms with Crippen molar-refractivity contribution in [3.8, 4) is 11.4 Å². The predicted octanol–water partition coefficient (Wildman–Crippen LogP) is 3.93. The summed E-state index contributed by atoms with van der Waals surface area (Å²) in [6.45, 7) is 6.97. The minimum absolute atomic E-state index is 0.00212. The van der Waals surface area contributed by atoms with E-state index in [1.54, 1.807) is 11.7 Å². The van der Waals surface area contributed by atoms with E-state index in [0.717, 1.165) is 68.4 Å². The lowest BCUT2D eigenvalue weighted by Gasteiger charge is -2.43. The van der Waals surface area contributed by atoms with Gasteiger partial charge in [-0.3, -0.25) is 0 Å². The van der Waals surface area contributed by atoms with Gasteiger partial charge in [0.2, 0.25) is 0 Å². The molecule has 0 saturated carbocycles. The molecular formula is C30H40BrFN8O2. The minimum atomic E-state index is -0.400. The molecule has 3 aromatic rings. The van der Waals surface area contributed by atoms with E-state index in [0.29, 0.717) is 24.0 Å². The largest absolute Gasteiger partial charge is 0.392 e. The summed E-state index contributed by atoms with van der Waals surface area (Å²) >= 11 is 3.53. The second-order valence-corrected chi connectivity index (χ2v) is 12.7. The molecule has 1 aromatic heterocycles. The highest BCUT2D eigenvalue weighted by atomic mass is 79.9. The van der Waals surface area contributed by atoms with Crippen molar-refractivity contribution in [1.29, 1.82) is 0 Å². The smallest absolute Gasteiger partial charge is 0.319 e. The van der Waals surface area contributed by atoms with Gasteiger partial charge in [0.25, 0.3) is 0 Å². The third kappa shape index (κ3) is 8.33. The highest BCUT2D eigenvalue weighted by molar-refractivity contribution is 9.10. The fourth-order valence-electron chi connectivity index (χ4n) is 6.39. The number of aliphatic hydroxyl groups excluding tert-OH is 1. The van der Waals surface area contributed by atoms with Crippen LogP contribution >= 0.6 is 15.9 Å². The first-order valence-corrected chi connectivity index (χ1v) is 15.5. The van der Waals surface area contributed by atoms with E-state index in [1.807, 2.05) is 37.3 Å². The number of β-amino-alcohol motifs (C(OH)–C–C–N with tert-alkyl or cyclic N) is 1. The van der Waals surface area contributed by atoms with Crippen LogP contribution in [-0.2, 0) is 13.5 Å². The summed E-state index contributed by atoms with van der Waals surface area (Å²) in [6, 6.07) is 12.2. The Morgan fingerprint density at radius 2 is 1.95 bits per heavy atom. The van der Waals surface area contributed by atoms with Crippen LogP contribution in [0.2, 0.25) is 0 Å². The SMILES string of the molecule is CC(O)CN1CC[C@@H](NC(=O)Nc2cc(Br)cc(-c3nnnn3C)c2)[C@@H](CN2CCCC(Cc3ccc(F)cc3)C2)C1. The van der Waals surface area contributed by atoms with Gasteiger partial charge in [0.15, 0.2) is 5.82 Å². The first-order valence-electron chi connectivity index (χ1n) is 14.7. The molecule has 0 bridgehead atoms. The third-order valence-corrected chi connectivity index (χ3v) is 8.68. The molecule has 226 valence electrons.